The van der Waals surface area contributed by atoms with Crippen molar-refractivity contribution in [2.24, 2.45) is 11.3 Å². The summed E-state index contributed by atoms with van der Waals surface area (Å²) in [6, 6.07) is 7.97. The van der Waals surface area contributed by atoms with Gasteiger partial charge in [-0.05, 0) is 62.1 Å². The summed E-state index contributed by atoms with van der Waals surface area (Å²) in [6.07, 6.45) is 4.70. The van der Waals surface area contributed by atoms with E-state index in [1.165, 1.54) is 5.56 Å². The van der Waals surface area contributed by atoms with E-state index in [-0.39, 0.29) is 17.2 Å². The molecule has 0 bridgehead atoms. The molecule has 3 rings (SSSR count). The van der Waals surface area contributed by atoms with Gasteiger partial charge in [0.15, 0.2) is 0 Å². The third kappa shape index (κ3) is 4.33. The van der Waals surface area contributed by atoms with Gasteiger partial charge < -0.3 is 14.7 Å². The van der Waals surface area contributed by atoms with E-state index in [1.807, 2.05) is 36.1 Å². The lowest BCUT2D eigenvalue weighted by Crippen LogP contribution is -2.39. The van der Waals surface area contributed by atoms with Gasteiger partial charge in [-0.25, -0.2) is 0 Å². The second-order valence-corrected chi connectivity index (χ2v) is 7.46. The minimum Gasteiger partial charge on any atom is -0.494 e. The molecule has 2 fully saturated rings. The number of carboxylic acid groups (broad SMARTS) is 1. The van der Waals surface area contributed by atoms with Gasteiger partial charge in [-0.15, -0.1) is 0 Å². The highest BCUT2D eigenvalue weighted by Crippen LogP contribution is 2.59. The summed E-state index contributed by atoms with van der Waals surface area (Å²) in [7, 11) is 0. The number of amides is 1. The molecule has 1 aliphatic carbocycles. The van der Waals surface area contributed by atoms with Crippen molar-refractivity contribution < 1.29 is 19.4 Å². The van der Waals surface area contributed by atoms with E-state index in [0.717, 1.165) is 37.9 Å². The number of aliphatic carboxylic acids is 1. The van der Waals surface area contributed by atoms with Gasteiger partial charge >= 0.3 is 5.97 Å². The zero-order valence-corrected chi connectivity index (χ0v) is 14.9. The van der Waals surface area contributed by atoms with E-state index < -0.39 is 5.97 Å². The molecule has 1 spiro atoms. The molecule has 1 heterocycles. The van der Waals surface area contributed by atoms with E-state index >= 15 is 0 Å². The molecule has 1 aliphatic heterocycles. The first-order valence-electron chi connectivity index (χ1n) is 9.20. The standard InChI is InChI=1S/C20H27NO4/c1-15-5-4-6-16(13-15)25-12-3-2-7-18(22)21-10-8-20(9-11-21)14-17(20)19(23)24/h4-6,13,17H,2-3,7-12,14H2,1H3,(H,23,24). The topological polar surface area (TPSA) is 66.8 Å². The molecule has 5 nitrogen and oxygen atoms in total. The predicted octanol–water partition coefficient (Wildman–Crippen LogP) is 3.26. The van der Waals surface area contributed by atoms with Crippen molar-refractivity contribution in [3.8, 4) is 5.75 Å². The van der Waals surface area contributed by atoms with Crippen LogP contribution in [0.2, 0.25) is 0 Å². The second kappa shape index (κ2) is 7.46. The van der Waals surface area contributed by atoms with E-state index in [9.17, 15) is 9.59 Å². The Morgan fingerprint density at radius 2 is 2.04 bits per heavy atom. The number of hydrogen-bond acceptors (Lipinski definition) is 3. The Hall–Kier alpha value is -2.04. The van der Waals surface area contributed by atoms with Crippen LogP contribution in [0.4, 0.5) is 0 Å². The zero-order chi connectivity index (χ0) is 17.9. The number of ether oxygens (including phenoxy) is 1. The van der Waals surface area contributed by atoms with Crippen LogP contribution in [0, 0.1) is 18.3 Å². The molecule has 1 aromatic rings. The molecule has 5 heteroatoms. The summed E-state index contributed by atoms with van der Waals surface area (Å²) >= 11 is 0. The Bertz CT molecular complexity index is 634. The quantitative estimate of drug-likeness (QED) is 0.770. The lowest BCUT2D eigenvalue weighted by Gasteiger charge is -2.32. The minimum absolute atomic E-state index is 0.00965. The van der Waals surface area contributed by atoms with Gasteiger partial charge in [-0.3, -0.25) is 9.59 Å². The Labute approximate surface area is 149 Å². The maximum absolute atomic E-state index is 12.3. The van der Waals surface area contributed by atoms with Crippen LogP contribution in [0.3, 0.4) is 0 Å². The third-order valence-electron chi connectivity index (χ3n) is 5.64. The highest BCUT2D eigenvalue weighted by Gasteiger charge is 2.59. The highest BCUT2D eigenvalue weighted by molar-refractivity contribution is 5.77. The minimum atomic E-state index is -0.673. The van der Waals surface area contributed by atoms with Crippen LogP contribution in [0.15, 0.2) is 24.3 Å². The fraction of sp³-hybridized carbons (Fsp3) is 0.600. The van der Waals surface area contributed by atoms with Crippen molar-refractivity contribution in [2.75, 3.05) is 19.7 Å². The van der Waals surface area contributed by atoms with Crippen LogP contribution in [0.1, 0.15) is 44.1 Å². The first kappa shape index (κ1) is 17.8. The first-order valence-corrected chi connectivity index (χ1v) is 9.20. The number of carboxylic acids is 1. The largest absolute Gasteiger partial charge is 0.494 e. The Kier molecular flexibility index (Phi) is 5.30. The molecule has 1 N–H and O–H groups in total. The van der Waals surface area contributed by atoms with Crippen molar-refractivity contribution in [2.45, 2.75) is 45.4 Å². The zero-order valence-electron chi connectivity index (χ0n) is 14.9. The molecular weight excluding hydrogens is 318 g/mol. The van der Waals surface area contributed by atoms with Crippen molar-refractivity contribution in [1.82, 2.24) is 4.90 Å². The van der Waals surface area contributed by atoms with E-state index in [0.29, 0.717) is 26.1 Å². The number of rotatable bonds is 7. The average Bonchev–Trinajstić information content (AvgIpc) is 3.29. The van der Waals surface area contributed by atoms with Gasteiger partial charge in [0, 0.05) is 19.5 Å². The van der Waals surface area contributed by atoms with Gasteiger partial charge in [0.2, 0.25) is 5.91 Å². The Balaban J connectivity index is 1.31. The second-order valence-electron chi connectivity index (χ2n) is 7.46. The number of piperidine rings is 1. The number of hydrogen-bond donors (Lipinski definition) is 1. The normalized spacial score (nSPS) is 21.2. The van der Waals surface area contributed by atoms with Gasteiger partial charge in [-0.1, -0.05) is 12.1 Å². The van der Waals surface area contributed by atoms with Gasteiger partial charge in [-0.2, -0.15) is 0 Å². The molecule has 0 aromatic heterocycles. The number of nitrogens with zero attached hydrogens (tertiary/aromatic N) is 1. The Morgan fingerprint density at radius 3 is 2.68 bits per heavy atom. The van der Waals surface area contributed by atoms with Crippen molar-refractivity contribution >= 4 is 11.9 Å². The molecule has 0 radical (unpaired) electrons. The monoisotopic (exact) mass is 345 g/mol. The van der Waals surface area contributed by atoms with Crippen molar-refractivity contribution in [3.63, 3.8) is 0 Å². The lowest BCUT2D eigenvalue weighted by atomic mass is 9.90. The van der Waals surface area contributed by atoms with Crippen molar-refractivity contribution in [1.29, 1.82) is 0 Å². The molecular formula is C20H27NO4. The van der Waals surface area contributed by atoms with Crippen LogP contribution >= 0.6 is 0 Å². The fourth-order valence-corrected chi connectivity index (χ4v) is 3.88. The number of benzene rings is 1. The predicted molar refractivity (Wildman–Crippen MR) is 94.5 cm³/mol. The molecule has 25 heavy (non-hydrogen) atoms. The van der Waals surface area contributed by atoms with E-state index in [1.54, 1.807) is 0 Å². The lowest BCUT2D eigenvalue weighted by molar-refractivity contribution is -0.139. The summed E-state index contributed by atoms with van der Waals surface area (Å²) in [6.45, 7) is 4.08. The molecule has 1 aromatic carbocycles. The van der Waals surface area contributed by atoms with Gasteiger partial charge in [0.05, 0.1) is 12.5 Å². The van der Waals surface area contributed by atoms with Gasteiger partial charge in [0.25, 0.3) is 0 Å². The first-order chi connectivity index (χ1) is 12.0. The molecule has 1 amide bonds. The Morgan fingerprint density at radius 1 is 1.28 bits per heavy atom. The number of likely N-dealkylation sites (tertiary alicyclic amines) is 1. The highest BCUT2D eigenvalue weighted by atomic mass is 16.5. The molecule has 136 valence electrons. The number of aryl methyl sites for hydroxylation is 1. The summed E-state index contributed by atoms with van der Waals surface area (Å²) in [4.78, 5) is 25.3. The summed E-state index contributed by atoms with van der Waals surface area (Å²) in [5.41, 5.74) is 1.17. The number of carbonyl (C=O) groups excluding carboxylic acids is 1. The maximum atomic E-state index is 12.3. The number of unbranched alkanes of at least 4 members (excludes halogenated alkanes) is 1. The maximum Gasteiger partial charge on any atom is 0.307 e. The van der Waals surface area contributed by atoms with Gasteiger partial charge in [0.1, 0.15) is 5.75 Å². The van der Waals surface area contributed by atoms with E-state index in [4.69, 9.17) is 9.84 Å². The average molecular weight is 345 g/mol. The van der Waals surface area contributed by atoms with Crippen LogP contribution in [0.5, 0.6) is 5.75 Å². The summed E-state index contributed by atoms with van der Waals surface area (Å²) < 4.78 is 5.70. The van der Waals surface area contributed by atoms with E-state index in [2.05, 4.69) is 0 Å². The van der Waals surface area contributed by atoms with Crippen LogP contribution in [-0.2, 0) is 9.59 Å². The molecule has 2 aliphatic rings. The smallest absolute Gasteiger partial charge is 0.307 e. The van der Waals surface area contributed by atoms with Crippen molar-refractivity contribution in [3.05, 3.63) is 29.8 Å². The van der Waals surface area contributed by atoms with Crippen LogP contribution in [-0.4, -0.2) is 41.6 Å². The molecule has 1 atom stereocenters. The third-order valence-corrected chi connectivity index (χ3v) is 5.64. The summed E-state index contributed by atoms with van der Waals surface area (Å²) in [5, 5.41) is 9.12. The summed E-state index contributed by atoms with van der Waals surface area (Å²) in [5.74, 6) is 0.222. The SMILES string of the molecule is Cc1cccc(OCCCCC(=O)N2CCC3(CC2)CC3C(=O)O)c1. The molecule has 1 unspecified atom stereocenters. The van der Waals surface area contributed by atoms with Crippen LogP contribution in [0.25, 0.3) is 0 Å². The molecule has 1 saturated carbocycles. The fourth-order valence-electron chi connectivity index (χ4n) is 3.88. The van der Waals surface area contributed by atoms with Crippen LogP contribution < -0.4 is 4.74 Å². The molecule has 1 saturated heterocycles. The number of carbonyl (C=O) groups is 2.